The van der Waals surface area contributed by atoms with Crippen molar-refractivity contribution in [3.63, 3.8) is 0 Å². The van der Waals surface area contributed by atoms with Crippen LogP contribution in [0.1, 0.15) is 95.5 Å². The molecule has 0 spiro atoms. The smallest absolute Gasteiger partial charge is 0.306 e. The highest BCUT2D eigenvalue weighted by atomic mass is 16.5. The second-order valence-corrected chi connectivity index (χ2v) is 7.96. The largest absolute Gasteiger partial charge is 0.461 e. The van der Waals surface area contributed by atoms with Gasteiger partial charge in [0.15, 0.2) is 0 Å². The Morgan fingerprint density at radius 3 is 2.13 bits per heavy atom. The molecule has 0 radical (unpaired) electrons. The summed E-state index contributed by atoms with van der Waals surface area (Å²) >= 11 is 0. The fourth-order valence-electron chi connectivity index (χ4n) is 3.34. The maximum Gasteiger partial charge on any atom is 0.306 e. The van der Waals surface area contributed by atoms with E-state index in [1.165, 1.54) is 57.8 Å². The second-order valence-electron chi connectivity index (χ2n) is 7.96. The number of aliphatic hydroxyl groups is 1. The van der Waals surface area contributed by atoms with Gasteiger partial charge in [-0.05, 0) is 18.6 Å². The van der Waals surface area contributed by atoms with E-state index >= 15 is 0 Å². The van der Waals surface area contributed by atoms with Gasteiger partial charge in [-0.2, -0.15) is 0 Å². The first-order valence-corrected chi connectivity index (χ1v) is 12.0. The Morgan fingerprint density at radius 1 is 0.867 bits per heavy atom. The molecule has 0 bridgehead atoms. The van der Waals surface area contributed by atoms with Gasteiger partial charge in [0.25, 0.3) is 0 Å². The maximum absolute atomic E-state index is 11.9. The monoisotopic (exact) mass is 424 g/mol. The number of hydrogen-bond acceptors (Lipinski definition) is 6. The topological polar surface area (TPSA) is 83.7 Å². The van der Waals surface area contributed by atoms with Gasteiger partial charge < -0.3 is 24.9 Å². The molecule has 6 heteroatoms. The Morgan fingerprint density at radius 2 is 1.47 bits per heavy atom. The first-order chi connectivity index (χ1) is 14.8. The number of unbranched alkanes of at least 4 members (excludes halogenated alkanes) is 10. The normalized spacial score (nSPS) is 11.1. The number of nitrogens with one attached hydrogen (secondary N) is 2. The van der Waals surface area contributed by atoms with E-state index < -0.39 is 0 Å². The van der Waals surface area contributed by atoms with Gasteiger partial charge in [0.1, 0.15) is 18.1 Å². The summed E-state index contributed by atoms with van der Waals surface area (Å²) in [7, 11) is 0. The van der Waals surface area contributed by atoms with Crippen LogP contribution in [0.25, 0.3) is 0 Å². The molecular formula is C24H44N2O4. The SMILES string of the molecule is CCCCCCCCCCCCCC(=O)OCc1ccc(CNCCNCCO)o1. The maximum atomic E-state index is 11.9. The molecule has 30 heavy (non-hydrogen) atoms. The van der Waals surface area contributed by atoms with Gasteiger partial charge in [-0.1, -0.05) is 71.1 Å². The highest BCUT2D eigenvalue weighted by molar-refractivity contribution is 5.69. The van der Waals surface area contributed by atoms with E-state index in [0.29, 0.717) is 25.3 Å². The average Bonchev–Trinajstić information content (AvgIpc) is 3.21. The molecule has 1 rings (SSSR count). The van der Waals surface area contributed by atoms with Crippen molar-refractivity contribution in [2.24, 2.45) is 0 Å². The van der Waals surface area contributed by atoms with Crippen LogP contribution in [-0.4, -0.2) is 37.3 Å². The minimum atomic E-state index is -0.142. The Bertz CT molecular complexity index is 519. The van der Waals surface area contributed by atoms with Crippen molar-refractivity contribution in [3.8, 4) is 0 Å². The lowest BCUT2D eigenvalue weighted by atomic mass is 10.1. The highest BCUT2D eigenvalue weighted by Crippen LogP contribution is 2.13. The lowest BCUT2D eigenvalue weighted by Crippen LogP contribution is -2.28. The van der Waals surface area contributed by atoms with Crippen molar-refractivity contribution in [2.75, 3.05) is 26.2 Å². The molecule has 0 atom stereocenters. The molecule has 0 aliphatic heterocycles. The van der Waals surface area contributed by atoms with Crippen molar-refractivity contribution in [3.05, 3.63) is 23.7 Å². The number of carbonyl (C=O) groups is 1. The summed E-state index contributed by atoms with van der Waals surface area (Å²) in [4.78, 5) is 11.9. The van der Waals surface area contributed by atoms with Crippen molar-refractivity contribution >= 4 is 5.97 Å². The van der Waals surface area contributed by atoms with E-state index in [0.717, 1.165) is 31.7 Å². The third-order valence-electron chi connectivity index (χ3n) is 5.14. The van der Waals surface area contributed by atoms with Gasteiger partial charge in [-0.25, -0.2) is 0 Å². The average molecular weight is 425 g/mol. The minimum Gasteiger partial charge on any atom is -0.461 e. The summed E-state index contributed by atoms with van der Waals surface area (Å²) in [6, 6.07) is 3.76. The molecule has 3 N–H and O–H groups in total. The molecule has 0 unspecified atom stereocenters. The minimum absolute atomic E-state index is 0.142. The fourth-order valence-corrected chi connectivity index (χ4v) is 3.34. The standard InChI is InChI=1S/C24H44N2O4/c1-2-3-4-5-6-7-8-9-10-11-12-13-24(28)29-21-23-15-14-22(30-23)20-26-17-16-25-18-19-27/h14-15,25-27H,2-13,16-21H2,1H3. The summed E-state index contributed by atoms with van der Waals surface area (Å²) in [5.74, 6) is 1.36. The summed E-state index contributed by atoms with van der Waals surface area (Å²) in [5.41, 5.74) is 0. The molecule has 0 aliphatic carbocycles. The molecule has 1 heterocycles. The zero-order valence-corrected chi connectivity index (χ0v) is 19.1. The van der Waals surface area contributed by atoms with Gasteiger partial charge >= 0.3 is 5.97 Å². The molecule has 1 aromatic rings. The van der Waals surface area contributed by atoms with Crippen LogP contribution in [0.5, 0.6) is 0 Å². The molecule has 6 nitrogen and oxygen atoms in total. The third kappa shape index (κ3) is 15.5. The molecule has 0 aliphatic rings. The van der Waals surface area contributed by atoms with Crippen LogP contribution in [0.2, 0.25) is 0 Å². The first kappa shape index (κ1) is 26.7. The van der Waals surface area contributed by atoms with Crippen LogP contribution >= 0.6 is 0 Å². The van der Waals surface area contributed by atoms with E-state index in [4.69, 9.17) is 14.3 Å². The lowest BCUT2D eigenvalue weighted by Gasteiger charge is -2.05. The number of aliphatic hydroxyl groups excluding tert-OH is 1. The number of hydrogen-bond donors (Lipinski definition) is 3. The predicted octanol–water partition coefficient (Wildman–Crippen LogP) is 4.70. The number of furan rings is 1. The van der Waals surface area contributed by atoms with Crippen LogP contribution in [0, 0.1) is 0 Å². The molecule has 0 amide bonds. The molecule has 1 aromatic heterocycles. The molecule has 0 saturated heterocycles. The Kier molecular flexibility index (Phi) is 17.4. The van der Waals surface area contributed by atoms with E-state index in [2.05, 4.69) is 17.6 Å². The number of ether oxygens (including phenoxy) is 1. The van der Waals surface area contributed by atoms with E-state index in [9.17, 15) is 4.79 Å². The van der Waals surface area contributed by atoms with Crippen molar-refractivity contribution < 1.29 is 19.1 Å². The Balaban J connectivity index is 1.94. The van der Waals surface area contributed by atoms with Crippen molar-refractivity contribution in [1.82, 2.24) is 10.6 Å². The summed E-state index contributed by atoms with van der Waals surface area (Å²) in [5, 5.41) is 15.0. The van der Waals surface area contributed by atoms with E-state index in [1.807, 2.05) is 12.1 Å². The van der Waals surface area contributed by atoms with Crippen molar-refractivity contribution in [1.29, 1.82) is 0 Å². The van der Waals surface area contributed by atoms with Gasteiger partial charge in [0.2, 0.25) is 0 Å². The van der Waals surface area contributed by atoms with Gasteiger partial charge in [-0.15, -0.1) is 0 Å². The van der Waals surface area contributed by atoms with Crippen LogP contribution in [-0.2, 0) is 22.7 Å². The van der Waals surface area contributed by atoms with Crippen LogP contribution < -0.4 is 10.6 Å². The molecular weight excluding hydrogens is 380 g/mol. The van der Waals surface area contributed by atoms with E-state index in [1.54, 1.807) is 0 Å². The highest BCUT2D eigenvalue weighted by Gasteiger charge is 2.07. The van der Waals surface area contributed by atoms with Gasteiger partial charge in [-0.3, -0.25) is 4.79 Å². The molecule has 0 fully saturated rings. The second kappa shape index (κ2) is 19.6. The molecule has 0 saturated carbocycles. The molecule has 174 valence electrons. The Labute approximate surface area is 183 Å². The first-order valence-electron chi connectivity index (χ1n) is 12.0. The van der Waals surface area contributed by atoms with Crippen LogP contribution in [0.15, 0.2) is 16.5 Å². The van der Waals surface area contributed by atoms with Gasteiger partial charge in [0.05, 0.1) is 13.2 Å². The zero-order valence-electron chi connectivity index (χ0n) is 19.1. The summed E-state index contributed by atoms with van der Waals surface area (Å²) in [6.45, 7) is 5.44. The quantitative estimate of drug-likeness (QED) is 0.196. The van der Waals surface area contributed by atoms with Crippen LogP contribution in [0.3, 0.4) is 0 Å². The summed E-state index contributed by atoms with van der Waals surface area (Å²) < 4.78 is 11.0. The number of carbonyl (C=O) groups excluding carboxylic acids is 1. The lowest BCUT2D eigenvalue weighted by molar-refractivity contribution is -0.145. The van der Waals surface area contributed by atoms with Crippen molar-refractivity contribution in [2.45, 2.75) is 97.1 Å². The van der Waals surface area contributed by atoms with E-state index in [-0.39, 0.29) is 19.2 Å². The molecule has 0 aromatic carbocycles. The predicted molar refractivity (Wildman–Crippen MR) is 121 cm³/mol. The fraction of sp³-hybridized carbons (Fsp3) is 0.792. The summed E-state index contributed by atoms with van der Waals surface area (Å²) in [6.07, 6.45) is 14.5. The number of rotatable bonds is 21. The van der Waals surface area contributed by atoms with Gasteiger partial charge in [0, 0.05) is 26.1 Å². The number of esters is 1. The Hall–Kier alpha value is -1.37. The third-order valence-corrected chi connectivity index (χ3v) is 5.14. The zero-order chi connectivity index (χ0) is 21.7. The van der Waals surface area contributed by atoms with Crippen LogP contribution in [0.4, 0.5) is 0 Å².